The van der Waals surface area contributed by atoms with Crippen LogP contribution in [0.1, 0.15) is 47.0 Å². The van der Waals surface area contributed by atoms with Gasteiger partial charge < -0.3 is 5.73 Å². The van der Waals surface area contributed by atoms with Gasteiger partial charge in [-0.25, -0.2) is 0 Å². The van der Waals surface area contributed by atoms with E-state index in [1.165, 1.54) is 19.3 Å². The minimum Gasteiger partial charge on any atom is -0.328 e. The van der Waals surface area contributed by atoms with Crippen molar-refractivity contribution >= 4 is 0 Å². The van der Waals surface area contributed by atoms with Gasteiger partial charge in [-0.1, -0.05) is 38.2 Å². The summed E-state index contributed by atoms with van der Waals surface area (Å²) in [5.41, 5.74) is 5.99. The lowest BCUT2D eigenvalue weighted by atomic mass is 9.77. The molecule has 17 heavy (non-hydrogen) atoms. The SMILES string of the molecule is C/C=C/C(CC(C)[C@@H](C)N)[C@@H]1C=CC(C)CC1. The molecular weight excluding hydrogens is 206 g/mol. The molecule has 0 saturated carbocycles. The van der Waals surface area contributed by atoms with Gasteiger partial charge in [-0.15, -0.1) is 0 Å². The molecule has 0 bridgehead atoms. The molecular formula is C16H29N. The predicted octanol–water partition coefficient (Wildman–Crippen LogP) is 4.15. The van der Waals surface area contributed by atoms with E-state index in [0.717, 1.165) is 11.8 Å². The van der Waals surface area contributed by atoms with Crippen molar-refractivity contribution in [2.75, 3.05) is 0 Å². The maximum atomic E-state index is 5.99. The molecule has 0 saturated heterocycles. The second kappa shape index (κ2) is 7.00. The van der Waals surface area contributed by atoms with E-state index < -0.39 is 0 Å². The first-order valence-electron chi connectivity index (χ1n) is 7.11. The fourth-order valence-electron chi connectivity index (χ4n) is 2.62. The van der Waals surface area contributed by atoms with E-state index >= 15 is 0 Å². The van der Waals surface area contributed by atoms with E-state index in [-0.39, 0.29) is 0 Å². The Balaban J connectivity index is 2.62. The molecule has 5 atom stereocenters. The standard InChI is InChI=1S/C16H29N/c1-5-6-16(11-13(3)14(4)17)15-9-7-12(2)8-10-15/h5-7,9,12-16H,8,10-11,17H2,1-4H3/b6-5+/t12?,13?,14-,15-,16?/m1/s1. The van der Waals surface area contributed by atoms with Crippen molar-refractivity contribution in [2.45, 2.75) is 53.0 Å². The highest BCUT2D eigenvalue weighted by Gasteiger charge is 2.23. The van der Waals surface area contributed by atoms with Crippen LogP contribution in [0.2, 0.25) is 0 Å². The van der Waals surface area contributed by atoms with Crippen LogP contribution in [-0.2, 0) is 0 Å². The maximum Gasteiger partial charge on any atom is 0.00363 e. The lowest BCUT2D eigenvalue weighted by Crippen LogP contribution is -2.28. The fraction of sp³-hybridized carbons (Fsp3) is 0.750. The quantitative estimate of drug-likeness (QED) is 0.712. The Kier molecular flexibility index (Phi) is 5.97. The van der Waals surface area contributed by atoms with Crippen LogP contribution in [0.4, 0.5) is 0 Å². The van der Waals surface area contributed by atoms with E-state index in [0.29, 0.717) is 17.9 Å². The van der Waals surface area contributed by atoms with Crippen LogP contribution in [0, 0.1) is 23.7 Å². The summed E-state index contributed by atoms with van der Waals surface area (Å²) in [4.78, 5) is 0. The summed E-state index contributed by atoms with van der Waals surface area (Å²) in [5.74, 6) is 2.76. The first-order valence-corrected chi connectivity index (χ1v) is 7.11. The molecule has 0 fully saturated rings. The van der Waals surface area contributed by atoms with Gasteiger partial charge in [-0.05, 0) is 56.8 Å². The molecule has 0 amide bonds. The average molecular weight is 235 g/mol. The molecule has 0 aromatic carbocycles. The number of nitrogens with two attached hydrogens (primary N) is 1. The molecule has 1 aliphatic carbocycles. The minimum absolute atomic E-state index is 0.300. The fourth-order valence-corrected chi connectivity index (χ4v) is 2.62. The van der Waals surface area contributed by atoms with Gasteiger partial charge in [0.2, 0.25) is 0 Å². The molecule has 98 valence electrons. The number of hydrogen-bond acceptors (Lipinski definition) is 1. The van der Waals surface area contributed by atoms with Crippen molar-refractivity contribution in [3.8, 4) is 0 Å². The molecule has 0 aromatic heterocycles. The Bertz CT molecular complexity index is 265. The van der Waals surface area contributed by atoms with Crippen molar-refractivity contribution in [3.05, 3.63) is 24.3 Å². The molecule has 2 N–H and O–H groups in total. The van der Waals surface area contributed by atoms with Gasteiger partial charge in [-0.2, -0.15) is 0 Å². The summed E-state index contributed by atoms with van der Waals surface area (Å²) in [6.45, 7) is 8.83. The monoisotopic (exact) mass is 235 g/mol. The Hall–Kier alpha value is -0.560. The van der Waals surface area contributed by atoms with E-state index in [9.17, 15) is 0 Å². The van der Waals surface area contributed by atoms with Crippen molar-refractivity contribution < 1.29 is 0 Å². The van der Waals surface area contributed by atoms with Gasteiger partial charge in [0.15, 0.2) is 0 Å². The molecule has 1 heteroatoms. The topological polar surface area (TPSA) is 26.0 Å². The first-order chi connectivity index (χ1) is 8.04. The second-order valence-corrected chi connectivity index (χ2v) is 5.87. The second-order valence-electron chi connectivity index (χ2n) is 5.87. The zero-order valence-electron chi connectivity index (χ0n) is 11.9. The largest absolute Gasteiger partial charge is 0.328 e. The highest BCUT2D eigenvalue weighted by Crippen LogP contribution is 2.32. The highest BCUT2D eigenvalue weighted by atomic mass is 14.6. The molecule has 0 aromatic rings. The highest BCUT2D eigenvalue weighted by molar-refractivity contribution is 5.03. The Labute approximate surface area is 107 Å². The van der Waals surface area contributed by atoms with Gasteiger partial charge >= 0.3 is 0 Å². The lowest BCUT2D eigenvalue weighted by molar-refractivity contribution is 0.312. The molecule has 0 aliphatic heterocycles. The summed E-state index contributed by atoms with van der Waals surface area (Å²) >= 11 is 0. The Morgan fingerprint density at radius 3 is 2.47 bits per heavy atom. The van der Waals surface area contributed by atoms with Gasteiger partial charge in [0.25, 0.3) is 0 Å². The summed E-state index contributed by atoms with van der Waals surface area (Å²) < 4.78 is 0. The normalized spacial score (nSPS) is 30.4. The van der Waals surface area contributed by atoms with Gasteiger partial charge in [0.05, 0.1) is 0 Å². The smallest absolute Gasteiger partial charge is 0.00363 e. The number of rotatable bonds is 5. The minimum atomic E-state index is 0.300. The maximum absolute atomic E-state index is 5.99. The summed E-state index contributed by atoms with van der Waals surface area (Å²) in [7, 11) is 0. The summed E-state index contributed by atoms with van der Waals surface area (Å²) in [6, 6.07) is 0.300. The third-order valence-corrected chi connectivity index (χ3v) is 4.17. The molecule has 0 spiro atoms. The van der Waals surface area contributed by atoms with Gasteiger partial charge in [0, 0.05) is 6.04 Å². The Morgan fingerprint density at radius 1 is 1.29 bits per heavy atom. The average Bonchev–Trinajstić information content (AvgIpc) is 2.29. The van der Waals surface area contributed by atoms with Gasteiger partial charge in [-0.3, -0.25) is 0 Å². The van der Waals surface area contributed by atoms with Crippen LogP contribution >= 0.6 is 0 Å². The molecule has 1 rings (SSSR count). The number of allylic oxidation sites excluding steroid dienone is 4. The molecule has 0 heterocycles. The van der Waals surface area contributed by atoms with Crippen LogP contribution < -0.4 is 5.73 Å². The third kappa shape index (κ3) is 4.67. The van der Waals surface area contributed by atoms with Crippen LogP contribution in [0.25, 0.3) is 0 Å². The molecule has 3 unspecified atom stereocenters. The van der Waals surface area contributed by atoms with Crippen molar-refractivity contribution in [1.29, 1.82) is 0 Å². The van der Waals surface area contributed by atoms with Crippen LogP contribution in [-0.4, -0.2) is 6.04 Å². The zero-order chi connectivity index (χ0) is 12.8. The van der Waals surface area contributed by atoms with Crippen LogP contribution in [0.3, 0.4) is 0 Å². The molecule has 1 aliphatic rings. The summed E-state index contributed by atoms with van der Waals surface area (Å²) in [6.07, 6.45) is 13.3. The van der Waals surface area contributed by atoms with E-state index in [4.69, 9.17) is 5.73 Å². The zero-order valence-corrected chi connectivity index (χ0v) is 11.9. The number of hydrogen-bond donors (Lipinski definition) is 1. The third-order valence-electron chi connectivity index (χ3n) is 4.17. The van der Waals surface area contributed by atoms with E-state index in [1.807, 2.05) is 0 Å². The first kappa shape index (κ1) is 14.5. The van der Waals surface area contributed by atoms with E-state index in [2.05, 4.69) is 52.0 Å². The van der Waals surface area contributed by atoms with Crippen LogP contribution in [0.5, 0.6) is 0 Å². The van der Waals surface area contributed by atoms with Crippen molar-refractivity contribution in [1.82, 2.24) is 0 Å². The molecule has 1 nitrogen and oxygen atoms in total. The lowest BCUT2D eigenvalue weighted by Gasteiger charge is -2.29. The molecule has 0 radical (unpaired) electrons. The van der Waals surface area contributed by atoms with Crippen molar-refractivity contribution in [3.63, 3.8) is 0 Å². The van der Waals surface area contributed by atoms with E-state index in [1.54, 1.807) is 0 Å². The van der Waals surface area contributed by atoms with Crippen LogP contribution in [0.15, 0.2) is 24.3 Å². The van der Waals surface area contributed by atoms with Crippen molar-refractivity contribution in [2.24, 2.45) is 29.4 Å². The Morgan fingerprint density at radius 2 is 2.00 bits per heavy atom. The summed E-state index contributed by atoms with van der Waals surface area (Å²) in [5, 5.41) is 0. The predicted molar refractivity (Wildman–Crippen MR) is 76.8 cm³/mol. The van der Waals surface area contributed by atoms with Gasteiger partial charge in [0.1, 0.15) is 0 Å².